The molecule has 0 saturated carbocycles. The summed E-state index contributed by atoms with van der Waals surface area (Å²) in [6.45, 7) is 6.43. The first-order valence-corrected chi connectivity index (χ1v) is 10.0. The molecule has 28 heavy (non-hydrogen) atoms. The number of anilines is 1. The molecule has 0 aromatic heterocycles. The van der Waals surface area contributed by atoms with E-state index >= 15 is 0 Å². The monoisotopic (exact) mass is 406 g/mol. The number of aryl methyl sites for hydroxylation is 3. The highest BCUT2D eigenvalue weighted by Crippen LogP contribution is 2.34. The number of nitro groups is 1. The highest BCUT2D eigenvalue weighted by Gasteiger charge is 2.34. The Morgan fingerprint density at radius 3 is 2.25 bits per heavy atom. The lowest BCUT2D eigenvalue weighted by Gasteiger charge is -2.27. The van der Waals surface area contributed by atoms with E-state index in [1.54, 1.807) is 32.9 Å². The van der Waals surface area contributed by atoms with Crippen LogP contribution in [-0.2, 0) is 19.6 Å². The third-order valence-electron chi connectivity index (χ3n) is 4.09. The average Bonchev–Trinajstić information content (AvgIpc) is 2.60. The lowest BCUT2D eigenvalue weighted by atomic mass is 10.1. The van der Waals surface area contributed by atoms with Gasteiger partial charge in [0.15, 0.2) is 4.90 Å². The summed E-state index contributed by atoms with van der Waals surface area (Å²) in [6, 6.07) is 8.63. The number of rotatable bonds is 7. The molecule has 8 nitrogen and oxygen atoms in total. The summed E-state index contributed by atoms with van der Waals surface area (Å²) in [5, 5.41) is 11.4. The number of hydrogen-bond acceptors (Lipinski definition) is 6. The zero-order chi connectivity index (χ0) is 21.1. The highest BCUT2D eigenvalue weighted by molar-refractivity contribution is 7.93. The van der Waals surface area contributed by atoms with Crippen molar-refractivity contribution in [3.63, 3.8) is 0 Å². The minimum atomic E-state index is -4.41. The van der Waals surface area contributed by atoms with Crippen molar-refractivity contribution in [2.75, 3.05) is 17.5 Å². The van der Waals surface area contributed by atoms with Crippen molar-refractivity contribution in [3.8, 4) is 0 Å². The van der Waals surface area contributed by atoms with Crippen LogP contribution in [0.1, 0.15) is 23.6 Å². The van der Waals surface area contributed by atoms with Crippen LogP contribution < -0.4 is 4.31 Å². The fourth-order valence-electron chi connectivity index (χ4n) is 3.12. The van der Waals surface area contributed by atoms with E-state index in [1.807, 2.05) is 6.92 Å². The second-order valence-corrected chi connectivity index (χ2v) is 8.12. The van der Waals surface area contributed by atoms with Gasteiger partial charge in [-0.15, -0.1) is 0 Å². The van der Waals surface area contributed by atoms with Gasteiger partial charge < -0.3 is 4.74 Å². The summed E-state index contributed by atoms with van der Waals surface area (Å²) in [4.78, 5) is 22.3. The number of nitro benzene ring substituents is 1. The third-order valence-corrected chi connectivity index (χ3v) is 5.89. The number of benzene rings is 2. The van der Waals surface area contributed by atoms with Gasteiger partial charge in [0.25, 0.3) is 15.7 Å². The maximum Gasteiger partial charge on any atom is 0.326 e. The number of esters is 1. The van der Waals surface area contributed by atoms with Crippen LogP contribution >= 0.6 is 0 Å². The molecule has 9 heteroatoms. The van der Waals surface area contributed by atoms with Crippen LogP contribution in [0.15, 0.2) is 41.3 Å². The Bertz CT molecular complexity index is 994. The van der Waals surface area contributed by atoms with Gasteiger partial charge in [0, 0.05) is 6.07 Å². The summed E-state index contributed by atoms with van der Waals surface area (Å²) in [5.74, 6) is -0.746. The van der Waals surface area contributed by atoms with Crippen LogP contribution in [0.2, 0.25) is 0 Å². The molecule has 0 fully saturated rings. The van der Waals surface area contributed by atoms with Crippen LogP contribution in [0.3, 0.4) is 0 Å². The van der Waals surface area contributed by atoms with E-state index in [0.717, 1.165) is 22.0 Å². The largest absolute Gasteiger partial charge is 0.465 e. The minimum absolute atomic E-state index is 0.0874. The third kappa shape index (κ3) is 4.30. The minimum Gasteiger partial charge on any atom is -0.465 e. The van der Waals surface area contributed by atoms with Crippen LogP contribution in [-0.4, -0.2) is 32.5 Å². The van der Waals surface area contributed by atoms with Crippen molar-refractivity contribution in [2.24, 2.45) is 0 Å². The molecular formula is C19H22N2O6S. The van der Waals surface area contributed by atoms with Gasteiger partial charge in [-0.3, -0.25) is 19.2 Å². The van der Waals surface area contributed by atoms with Crippen molar-refractivity contribution in [2.45, 2.75) is 32.6 Å². The number of ether oxygens (including phenoxy) is 1. The van der Waals surface area contributed by atoms with Gasteiger partial charge in [-0.25, -0.2) is 8.42 Å². The molecule has 0 saturated heterocycles. The fourth-order valence-corrected chi connectivity index (χ4v) is 4.82. The second kappa shape index (κ2) is 8.39. The molecule has 0 amide bonds. The molecule has 0 spiro atoms. The van der Waals surface area contributed by atoms with Crippen molar-refractivity contribution in [1.82, 2.24) is 0 Å². The number of carbonyl (C=O) groups is 1. The Morgan fingerprint density at radius 2 is 1.71 bits per heavy atom. The zero-order valence-electron chi connectivity index (χ0n) is 16.1. The lowest BCUT2D eigenvalue weighted by molar-refractivity contribution is -0.387. The first-order valence-electron chi connectivity index (χ1n) is 8.59. The van der Waals surface area contributed by atoms with E-state index in [2.05, 4.69) is 0 Å². The summed E-state index contributed by atoms with van der Waals surface area (Å²) < 4.78 is 32.6. The molecule has 0 aliphatic heterocycles. The SMILES string of the molecule is CCOC(=O)CN(c1c(C)cc(C)cc1C)S(=O)(=O)c1ccccc1[N+](=O)[O-]. The van der Waals surface area contributed by atoms with E-state index in [-0.39, 0.29) is 6.61 Å². The number of para-hydroxylation sites is 1. The molecule has 0 aliphatic carbocycles. The summed E-state index contributed by atoms with van der Waals surface area (Å²) in [5.41, 5.74) is 1.93. The molecule has 0 aliphatic rings. The number of carbonyl (C=O) groups excluding carboxylic acids is 1. The molecule has 0 heterocycles. The highest BCUT2D eigenvalue weighted by atomic mass is 32.2. The maximum atomic E-state index is 13.4. The maximum absolute atomic E-state index is 13.4. The molecule has 0 unspecified atom stereocenters. The average molecular weight is 406 g/mol. The lowest BCUT2D eigenvalue weighted by Crippen LogP contribution is -2.38. The molecule has 0 bridgehead atoms. The number of nitrogens with zero attached hydrogens (tertiary/aromatic N) is 2. The molecule has 0 radical (unpaired) electrons. The number of hydrogen-bond donors (Lipinski definition) is 0. The summed E-state index contributed by atoms with van der Waals surface area (Å²) in [7, 11) is -4.41. The van der Waals surface area contributed by atoms with E-state index in [0.29, 0.717) is 16.8 Å². The first-order chi connectivity index (χ1) is 13.1. The van der Waals surface area contributed by atoms with Gasteiger partial charge in [-0.1, -0.05) is 29.8 Å². The normalized spacial score (nSPS) is 11.1. The molecule has 0 N–H and O–H groups in total. The number of sulfonamides is 1. The van der Waals surface area contributed by atoms with Gasteiger partial charge in [-0.05, 0) is 44.9 Å². The van der Waals surface area contributed by atoms with E-state index in [4.69, 9.17) is 4.74 Å². The van der Waals surface area contributed by atoms with Crippen LogP contribution in [0.5, 0.6) is 0 Å². The first kappa shape index (κ1) is 21.4. The Hall–Kier alpha value is -2.94. The van der Waals surface area contributed by atoms with Gasteiger partial charge in [-0.2, -0.15) is 0 Å². The fraction of sp³-hybridized carbons (Fsp3) is 0.316. The Balaban J connectivity index is 2.73. The topological polar surface area (TPSA) is 107 Å². The van der Waals surface area contributed by atoms with Gasteiger partial charge in [0.1, 0.15) is 6.54 Å². The predicted octanol–water partition coefficient (Wildman–Crippen LogP) is 3.28. The van der Waals surface area contributed by atoms with E-state index < -0.39 is 38.0 Å². The van der Waals surface area contributed by atoms with Gasteiger partial charge in [0.2, 0.25) is 0 Å². The zero-order valence-corrected chi connectivity index (χ0v) is 16.9. The van der Waals surface area contributed by atoms with Crippen molar-refractivity contribution < 1.29 is 22.9 Å². The van der Waals surface area contributed by atoms with Crippen LogP contribution in [0, 0.1) is 30.9 Å². The van der Waals surface area contributed by atoms with Crippen molar-refractivity contribution >= 4 is 27.4 Å². The quantitative estimate of drug-likeness (QED) is 0.397. The van der Waals surface area contributed by atoms with E-state index in [1.165, 1.54) is 12.1 Å². The molecule has 2 aromatic carbocycles. The molecule has 2 aromatic rings. The van der Waals surface area contributed by atoms with Crippen LogP contribution in [0.25, 0.3) is 0 Å². The van der Waals surface area contributed by atoms with Gasteiger partial charge >= 0.3 is 5.97 Å². The van der Waals surface area contributed by atoms with E-state index in [9.17, 15) is 23.3 Å². The standard InChI is InChI=1S/C19H22N2O6S/c1-5-27-18(22)12-20(19-14(3)10-13(2)11-15(19)4)28(25,26)17-9-7-6-8-16(17)21(23)24/h6-11H,5,12H2,1-4H3. The molecule has 150 valence electrons. The van der Waals surface area contributed by atoms with Crippen molar-refractivity contribution in [3.05, 3.63) is 63.2 Å². The molecular weight excluding hydrogens is 384 g/mol. The smallest absolute Gasteiger partial charge is 0.326 e. The molecule has 2 rings (SSSR count). The second-order valence-electron chi connectivity index (χ2n) is 6.29. The Labute approximate surface area is 163 Å². The van der Waals surface area contributed by atoms with Crippen LogP contribution in [0.4, 0.5) is 11.4 Å². The molecule has 0 atom stereocenters. The Morgan fingerprint density at radius 1 is 1.14 bits per heavy atom. The van der Waals surface area contributed by atoms with Crippen molar-refractivity contribution in [1.29, 1.82) is 0 Å². The summed E-state index contributed by atoms with van der Waals surface area (Å²) >= 11 is 0. The summed E-state index contributed by atoms with van der Waals surface area (Å²) in [6.07, 6.45) is 0. The van der Waals surface area contributed by atoms with Gasteiger partial charge in [0.05, 0.1) is 17.2 Å². The predicted molar refractivity (Wildman–Crippen MR) is 105 cm³/mol. The Kier molecular flexibility index (Phi) is 6.40.